The zero-order valence-electron chi connectivity index (χ0n) is 17.1. The van der Waals surface area contributed by atoms with Crippen molar-refractivity contribution in [1.82, 2.24) is 9.78 Å². The third-order valence-electron chi connectivity index (χ3n) is 5.56. The van der Waals surface area contributed by atoms with Gasteiger partial charge in [0.05, 0.1) is 0 Å². The summed E-state index contributed by atoms with van der Waals surface area (Å²) in [5.74, 6) is -0.0957. The number of aliphatic imine (C=N–C) groups is 1. The van der Waals surface area contributed by atoms with E-state index >= 15 is 0 Å². The molecule has 9 heteroatoms. The monoisotopic (exact) mass is 529 g/mol. The fourth-order valence-corrected chi connectivity index (χ4v) is 6.72. The Labute approximate surface area is 188 Å². The van der Waals surface area contributed by atoms with Gasteiger partial charge in [-0.2, -0.15) is 0 Å². The minimum atomic E-state index is -1.72. The number of aromatic amines is 1. The SMILES string of the molecule is CC(CCCCO)n1[nH]c2c(C3=Nc4[c](ccc(CO)c4O)[Sn][C]3=O)cccc2c1=O. The molecule has 0 aliphatic carbocycles. The molecule has 31 heavy (non-hydrogen) atoms. The number of phenols is 1. The van der Waals surface area contributed by atoms with Gasteiger partial charge in [0.25, 0.3) is 0 Å². The number of unbranched alkanes of at least 4 members (excludes halogenated alkanes) is 1. The first-order valence-electron chi connectivity index (χ1n) is 10.2. The van der Waals surface area contributed by atoms with Crippen molar-refractivity contribution in [3.8, 4) is 5.75 Å². The van der Waals surface area contributed by atoms with Gasteiger partial charge in [0.2, 0.25) is 0 Å². The van der Waals surface area contributed by atoms with Crippen LogP contribution < -0.4 is 9.14 Å². The Bertz CT molecular complexity index is 1240. The van der Waals surface area contributed by atoms with E-state index in [-0.39, 0.29) is 40.1 Å². The van der Waals surface area contributed by atoms with Gasteiger partial charge in [-0.3, -0.25) is 0 Å². The molecule has 1 unspecified atom stereocenters. The second-order valence-corrected chi connectivity index (χ2v) is 11.2. The summed E-state index contributed by atoms with van der Waals surface area (Å²) in [7, 11) is 0. The third-order valence-corrected chi connectivity index (χ3v) is 8.81. The van der Waals surface area contributed by atoms with Crippen LogP contribution in [-0.2, 0) is 11.4 Å². The number of rotatable bonds is 7. The van der Waals surface area contributed by atoms with E-state index in [4.69, 9.17) is 5.11 Å². The van der Waals surface area contributed by atoms with Crippen molar-refractivity contribution >= 4 is 50.8 Å². The molecule has 2 radical (unpaired) electrons. The molecule has 160 valence electrons. The summed E-state index contributed by atoms with van der Waals surface area (Å²) in [4.78, 5) is 30.4. The molecule has 0 saturated carbocycles. The Morgan fingerprint density at radius 2 is 1.97 bits per heavy atom. The summed E-state index contributed by atoms with van der Waals surface area (Å²) >= 11 is -1.72. The molecule has 1 aliphatic rings. The first-order valence-corrected chi connectivity index (χ1v) is 13.0. The van der Waals surface area contributed by atoms with Gasteiger partial charge in [-0.15, -0.1) is 0 Å². The molecule has 1 atom stereocenters. The van der Waals surface area contributed by atoms with E-state index in [0.717, 1.165) is 16.4 Å². The van der Waals surface area contributed by atoms with Gasteiger partial charge in [0, 0.05) is 0 Å². The molecule has 0 amide bonds. The molecule has 2 heterocycles. The third kappa shape index (κ3) is 3.95. The van der Waals surface area contributed by atoms with Crippen LogP contribution in [0.2, 0.25) is 0 Å². The van der Waals surface area contributed by atoms with Crippen molar-refractivity contribution in [2.75, 3.05) is 6.61 Å². The second kappa shape index (κ2) is 8.97. The van der Waals surface area contributed by atoms with Gasteiger partial charge in [-0.1, -0.05) is 0 Å². The Morgan fingerprint density at radius 1 is 1.16 bits per heavy atom. The number of aliphatic hydroxyl groups excluding tert-OH is 2. The molecule has 8 nitrogen and oxygen atoms in total. The second-order valence-electron chi connectivity index (χ2n) is 7.63. The quantitative estimate of drug-likeness (QED) is 0.271. The van der Waals surface area contributed by atoms with E-state index < -0.39 is 21.1 Å². The van der Waals surface area contributed by atoms with Crippen molar-refractivity contribution in [1.29, 1.82) is 0 Å². The summed E-state index contributed by atoms with van der Waals surface area (Å²) in [6.45, 7) is 1.75. The molecule has 3 aromatic rings. The van der Waals surface area contributed by atoms with Crippen LogP contribution in [0.1, 0.15) is 43.4 Å². The van der Waals surface area contributed by atoms with Gasteiger partial charge >= 0.3 is 189 Å². The van der Waals surface area contributed by atoms with E-state index in [0.29, 0.717) is 34.1 Å². The van der Waals surface area contributed by atoms with Gasteiger partial charge in [-0.05, 0) is 0 Å². The van der Waals surface area contributed by atoms with Crippen molar-refractivity contribution in [3.05, 3.63) is 51.8 Å². The number of benzene rings is 2. The number of fused-ring (bicyclic) bond motifs is 2. The fourth-order valence-electron chi connectivity index (χ4n) is 3.83. The molecule has 2 aromatic carbocycles. The van der Waals surface area contributed by atoms with Gasteiger partial charge in [0.15, 0.2) is 0 Å². The van der Waals surface area contributed by atoms with Gasteiger partial charge in [0.1, 0.15) is 0 Å². The summed E-state index contributed by atoms with van der Waals surface area (Å²) < 4.78 is 2.29. The number of carbonyl (C=O) groups excluding carboxylic acids is 1. The van der Waals surface area contributed by atoms with Gasteiger partial charge in [-0.25, -0.2) is 0 Å². The Kier molecular flexibility index (Phi) is 6.31. The van der Waals surface area contributed by atoms with Crippen molar-refractivity contribution < 1.29 is 20.1 Å². The van der Waals surface area contributed by atoms with Crippen LogP contribution in [0.25, 0.3) is 10.9 Å². The average molecular weight is 528 g/mol. The summed E-state index contributed by atoms with van der Waals surface area (Å²) in [6, 6.07) is 8.51. The number of nitrogens with zero attached hydrogens (tertiary/aromatic N) is 2. The molecule has 0 bridgehead atoms. The van der Waals surface area contributed by atoms with E-state index in [1.807, 2.05) is 6.92 Å². The minimum absolute atomic E-state index is 0.0376. The van der Waals surface area contributed by atoms with Crippen molar-refractivity contribution in [3.63, 3.8) is 0 Å². The molecule has 1 aromatic heterocycles. The Balaban J connectivity index is 1.82. The van der Waals surface area contributed by atoms with Crippen LogP contribution >= 0.6 is 0 Å². The Hall–Kier alpha value is -2.43. The number of aromatic hydroxyl groups is 1. The predicted octanol–water partition coefficient (Wildman–Crippen LogP) is 1.24. The molecular weight excluding hydrogens is 505 g/mol. The Morgan fingerprint density at radius 3 is 2.71 bits per heavy atom. The van der Waals surface area contributed by atoms with E-state index in [1.54, 1.807) is 35.0 Å². The van der Waals surface area contributed by atoms with Crippen LogP contribution in [-0.4, -0.2) is 62.4 Å². The standard InChI is InChI=1S/C22H23N3O5.Sn/c1-14(6-2-3-11-26)25-22(30)17-9-5-8-16(20(17)24-25)19(13-28)23-18-10-4-7-15(12-27)21(18)29;/h4-5,7-9,14,24,26-27,29H,2-3,6,11-12H2,1H3;. The molecular formula is C22H23N3O5Sn. The van der Waals surface area contributed by atoms with Crippen LogP contribution in [0.4, 0.5) is 5.69 Å². The number of aliphatic hydroxyl groups is 2. The number of para-hydroxylation sites is 1. The zero-order valence-corrected chi connectivity index (χ0v) is 19.9. The van der Waals surface area contributed by atoms with Gasteiger partial charge < -0.3 is 0 Å². The number of H-pyrrole nitrogens is 1. The predicted molar refractivity (Wildman–Crippen MR) is 119 cm³/mol. The number of aromatic nitrogens is 2. The summed E-state index contributed by atoms with van der Waals surface area (Å²) in [5, 5.41) is 32.6. The maximum atomic E-state index is 13.0. The first-order chi connectivity index (χ1) is 15.0. The van der Waals surface area contributed by atoms with E-state index in [9.17, 15) is 19.8 Å². The number of hydrogen-bond donors (Lipinski definition) is 4. The van der Waals surface area contributed by atoms with E-state index in [2.05, 4.69) is 10.1 Å². The van der Waals surface area contributed by atoms with Crippen molar-refractivity contribution in [2.45, 2.75) is 38.8 Å². The normalized spacial score (nSPS) is 14.5. The summed E-state index contributed by atoms with van der Waals surface area (Å²) in [6.07, 6.45) is 2.22. The van der Waals surface area contributed by atoms with Crippen LogP contribution in [0, 0.1) is 0 Å². The molecule has 4 rings (SSSR count). The molecule has 0 fully saturated rings. The molecule has 4 N–H and O–H groups in total. The van der Waals surface area contributed by atoms with E-state index in [1.165, 1.54) is 0 Å². The van der Waals surface area contributed by atoms with Crippen LogP contribution in [0.15, 0.2) is 40.1 Å². The fraction of sp³-hybridized carbons (Fsp3) is 0.318. The molecule has 0 spiro atoms. The van der Waals surface area contributed by atoms with Crippen LogP contribution in [0.5, 0.6) is 5.75 Å². The number of nitrogens with one attached hydrogen (secondary N) is 1. The van der Waals surface area contributed by atoms with Crippen LogP contribution in [0.3, 0.4) is 0 Å². The number of hydrogen-bond acceptors (Lipinski definition) is 6. The first kappa shape index (κ1) is 21.8. The zero-order chi connectivity index (χ0) is 22.1. The number of carbonyl (C=O) groups is 1. The maximum absolute atomic E-state index is 13.0. The summed E-state index contributed by atoms with van der Waals surface area (Å²) in [5.41, 5.74) is 1.89. The van der Waals surface area contributed by atoms with Crippen molar-refractivity contribution in [2.24, 2.45) is 4.99 Å². The average Bonchev–Trinajstić information content (AvgIpc) is 3.11. The topological polar surface area (TPSA) is 128 Å². The molecule has 1 aliphatic heterocycles. The molecule has 0 saturated heterocycles.